The van der Waals surface area contributed by atoms with Crippen LogP contribution in [0.5, 0.6) is 0 Å². The largest absolute Gasteiger partial charge is 0.339 e. The predicted octanol–water partition coefficient (Wildman–Crippen LogP) is 2.93. The molecule has 0 aliphatic carbocycles. The Balaban J connectivity index is 1.68. The van der Waals surface area contributed by atoms with Gasteiger partial charge in [0.15, 0.2) is 10.8 Å². The van der Waals surface area contributed by atoms with E-state index >= 15 is 0 Å². The van der Waals surface area contributed by atoms with Gasteiger partial charge in [0.2, 0.25) is 5.91 Å². The minimum Gasteiger partial charge on any atom is -0.339 e. The molecule has 1 aliphatic rings. The van der Waals surface area contributed by atoms with Crippen molar-refractivity contribution in [2.24, 2.45) is 0 Å². The number of thiazole rings is 1. The molecule has 1 saturated heterocycles. The predicted molar refractivity (Wildman–Crippen MR) is 86.5 cm³/mol. The van der Waals surface area contributed by atoms with Crippen molar-refractivity contribution in [1.82, 2.24) is 19.9 Å². The maximum Gasteiger partial charge on any atom is 0.228 e. The Labute approximate surface area is 134 Å². The lowest BCUT2D eigenvalue weighted by Crippen LogP contribution is -2.44. The molecule has 116 valence electrons. The summed E-state index contributed by atoms with van der Waals surface area (Å²) in [5.74, 6) is 0.813. The molecule has 0 saturated carbocycles. The summed E-state index contributed by atoms with van der Waals surface area (Å²) in [7, 11) is 0. The fourth-order valence-corrected chi connectivity index (χ4v) is 3.67. The molecule has 3 heterocycles. The van der Waals surface area contributed by atoms with Crippen LogP contribution in [0.2, 0.25) is 0 Å². The first kappa shape index (κ1) is 15.1. The Morgan fingerprint density at radius 3 is 2.95 bits per heavy atom. The normalized spacial score (nSPS) is 18.4. The van der Waals surface area contributed by atoms with Crippen molar-refractivity contribution < 1.29 is 4.79 Å². The molecule has 2 aromatic rings. The molecule has 22 heavy (non-hydrogen) atoms. The molecule has 6 heteroatoms. The van der Waals surface area contributed by atoms with Crippen LogP contribution in [0, 0.1) is 0 Å². The van der Waals surface area contributed by atoms with Gasteiger partial charge in [0.1, 0.15) is 0 Å². The van der Waals surface area contributed by atoms with Crippen LogP contribution < -0.4 is 0 Å². The van der Waals surface area contributed by atoms with E-state index in [9.17, 15) is 4.79 Å². The van der Waals surface area contributed by atoms with Crippen molar-refractivity contribution in [3.8, 4) is 10.8 Å². The molecule has 1 atom stereocenters. The van der Waals surface area contributed by atoms with Gasteiger partial charge in [-0.3, -0.25) is 4.79 Å². The summed E-state index contributed by atoms with van der Waals surface area (Å²) < 4.78 is 0. The van der Waals surface area contributed by atoms with E-state index < -0.39 is 0 Å². The first-order valence-corrected chi connectivity index (χ1v) is 8.67. The number of nitrogens with zero attached hydrogens (tertiary/aromatic N) is 4. The van der Waals surface area contributed by atoms with Gasteiger partial charge in [-0.15, -0.1) is 11.3 Å². The fourth-order valence-electron chi connectivity index (χ4n) is 2.91. The van der Waals surface area contributed by atoms with E-state index in [0.717, 1.165) is 36.5 Å². The second-order valence-corrected chi connectivity index (χ2v) is 6.40. The number of likely N-dealkylation sites (tertiary alicyclic amines) is 1. The SMILES string of the molecule is CC[C@@H]1CCCCN1C(=O)Cc1csc(-c2ncccn2)n1. The Bertz CT molecular complexity index is 628. The van der Waals surface area contributed by atoms with Crippen molar-refractivity contribution in [2.45, 2.75) is 45.1 Å². The average molecular weight is 316 g/mol. The van der Waals surface area contributed by atoms with E-state index in [1.54, 1.807) is 18.5 Å². The maximum absolute atomic E-state index is 12.5. The lowest BCUT2D eigenvalue weighted by molar-refractivity contribution is -0.134. The zero-order valence-electron chi connectivity index (χ0n) is 12.7. The van der Waals surface area contributed by atoms with Gasteiger partial charge in [-0.25, -0.2) is 15.0 Å². The van der Waals surface area contributed by atoms with Gasteiger partial charge in [-0.2, -0.15) is 0 Å². The van der Waals surface area contributed by atoms with E-state index in [1.165, 1.54) is 17.8 Å². The van der Waals surface area contributed by atoms with Crippen LogP contribution in [0.3, 0.4) is 0 Å². The molecule has 0 aromatic carbocycles. The average Bonchev–Trinajstić information content (AvgIpc) is 3.04. The molecule has 5 nitrogen and oxygen atoms in total. The van der Waals surface area contributed by atoms with E-state index in [4.69, 9.17) is 0 Å². The fraction of sp³-hybridized carbons (Fsp3) is 0.500. The van der Waals surface area contributed by atoms with Crippen LogP contribution >= 0.6 is 11.3 Å². The van der Waals surface area contributed by atoms with Crippen molar-refractivity contribution in [1.29, 1.82) is 0 Å². The molecule has 3 rings (SSSR count). The van der Waals surface area contributed by atoms with E-state index in [1.807, 2.05) is 10.3 Å². The van der Waals surface area contributed by atoms with Crippen LogP contribution in [0.4, 0.5) is 0 Å². The highest BCUT2D eigenvalue weighted by Gasteiger charge is 2.25. The molecule has 1 aliphatic heterocycles. The summed E-state index contributed by atoms with van der Waals surface area (Å²) in [6.07, 6.45) is 8.29. The van der Waals surface area contributed by atoms with Gasteiger partial charge in [0.25, 0.3) is 0 Å². The van der Waals surface area contributed by atoms with Crippen molar-refractivity contribution in [3.05, 3.63) is 29.5 Å². The Morgan fingerprint density at radius 1 is 1.36 bits per heavy atom. The molecule has 0 spiro atoms. The van der Waals surface area contributed by atoms with E-state index in [-0.39, 0.29) is 5.91 Å². The van der Waals surface area contributed by atoms with Crippen LogP contribution in [0.15, 0.2) is 23.8 Å². The summed E-state index contributed by atoms with van der Waals surface area (Å²) in [4.78, 5) is 27.5. The molecule has 0 unspecified atom stereocenters. The van der Waals surface area contributed by atoms with Crippen LogP contribution in [-0.4, -0.2) is 38.3 Å². The molecule has 2 aromatic heterocycles. The van der Waals surface area contributed by atoms with Gasteiger partial charge >= 0.3 is 0 Å². The van der Waals surface area contributed by atoms with Gasteiger partial charge in [-0.05, 0) is 31.7 Å². The van der Waals surface area contributed by atoms with E-state index in [2.05, 4.69) is 21.9 Å². The zero-order chi connectivity index (χ0) is 15.4. The second kappa shape index (κ2) is 6.96. The molecule has 0 radical (unpaired) electrons. The first-order valence-electron chi connectivity index (χ1n) is 7.79. The summed E-state index contributed by atoms with van der Waals surface area (Å²) >= 11 is 1.49. The summed E-state index contributed by atoms with van der Waals surface area (Å²) in [5, 5.41) is 2.71. The third-order valence-electron chi connectivity index (χ3n) is 4.06. The number of piperidine rings is 1. The third-order valence-corrected chi connectivity index (χ3v) is 4.95. The molecule has 1 amide bonds. The van der Waals surface area contributed by atoms with Crippen LogP contribution in [-0.2, 0) is 11.2 Å². The second-order valence-electron chi connectivity index (χ2n) is 5.54. The van der Waals surface area contributed by atoms with Gasteiger partial charge < -0.3 is 4.90 Å². The smallest absolute Gasteiger partial charge is 0.228 e. The van der Waals surface area contributed by atoms with Gasteiger partial charge in [-0.1, -0.05) is 6.92 Å². The van der Waals surface area contributed by atoms with Crippen molar-refractivity contribution >= 4 is 17.2 Å². The monoisotopic (exact) mass is 316 g/mol. The lowest BCUT2D eigenvalue weighted by Gasteiger charge is -2.35. The Hall–Kier alpha value is -1.82. The maximum atomic E-state index is 12.5. The number of carbonyl (C=O) groups is 1. The third kappa shape index (κ3) is 3.32. The molecule has 0 N–H and O–H groups in total. The highest BCUT2D eigenvalue weighted by Crippen LogP contribution is 2.23. The molecule has 1 fully saturated rings. The quantitative estimate of drug-likeness (QED) is 0.870. The standard InChI is InChI=1S/C16H20N4OS/c1-2-13-6-3-4-9-20(13)14(21)10-12-11-22-16(19-12)15-17-7-5-8-18-15/h5,7-8,11,13H,2-4,6,9-10H2,1H3/t13-/m1/s1. The number of hydrogen-bond acceptors (Lipinski definition) is 5. The minimum atomic E-state index is 0.192. The number of amides is 1. The Kier molecular flexibility index (Phi) is 4.77. The first-order chi connectivity index (χ1) is 10.8. The van der Waals surface area contributed by atoms with Crippen molar-refractivity contribution in [3.63, 3.8) is 0 Å². The highest BCUT2D eigenvalue weighted by atomic mass is 32.1. The lowest BCUT2D eigenvalue weighted by atomic mass is 9.99. The van der Waals surface area contributed by atoms with E-state index in [0.29, 0.717) is 18.3 Å². The number of hydrogen-bond donors (Lipinski definition) is 0. The minimum absolute atomic E-state index is 0.192. The number of carbonyl (C=O) groups excluding carboxylic acids is 1. The zero-order valence-corrected chi connectivity index (χ0v) is 13.6. The van der Waals surface area contributed by atoms with Crippen molar-refractivity contribution in [2.75, 3.05) is 6.54 Å². The highest BCUT2D eigenvalue weighted by molar-refractivity contribution is 7.13. The number of rotatable bonds is 4. The molecule has 0 bridgehead atoms. The molecular formula is C16H20N4OS. The van der Waals surface area contributed by atoms with Crippen LogP contribution in [0.25, 0.3) is 10.8 Å². The summed E-state index contributed by atoms with van der Waals surface area (Å²) in [6.45, 7) is 3.04. The molecular weight excluding hydrogens is 296 g/mol. The number of aromatic nitrogens is 3. The Morgan fingerprint density at radius 2 is 2.18 bits per heavy atom. The summed E-state index contributed by atoms with van der Waals surface area (Å²) in [6, 6.07) is 2.18. The van der Waals surface area contributed by atoms with Gasteiger partial charge in [0, 0.05) is 30.4 Å². The topological polar surface area (TPSA) is 59.0 Å². The van der Waals surface area contributed by atoms with Crippen LogP contribution in [0.1, 0.15) is 38.3 Å². The van der Waals surface area contributed by atoms with Gasteiger partial charge in [0.05, 0.1) is 12.1 Å². The summed E-state index contributed by atoms with van der Waals surface area (Å²) in [5.41, 5.74) is 0.817.